The van der Waals surface area contributed by atoms with Crippen LogP contribution in [0.25, 0.3) is 0 Å². The van der Waals surface area contributed by atoms with E-state index in [1.165, 1.54) is 0 Å². The van der Waals surface area contributed by atoms with Gasteiger partial charge in [0.2, 0.25) is 0 Å². The maximum Gasteiger partial charge on any atom is 0.279 e. The highest BCUT2D eigenvalue weighted by atomic mass is 16.5. The van der Waals surface area contributed by atoms with E-state index >= 15 is 0 Å². The van der Waals surface area contributed by atoms with E-state index in [1.54, 1.807) is 7.11 Å². The highest BCUT2D eigenvalue weighted by Gasteiger charge is 2.20. The quantitative estimate of drug-likeness (QED) is 0.457. The highest BCUT2D eigenvalue weighted by Crippen LogP contribution is 2.18. The van der Waals surface area contributed by atoms with E-state index in [0.29, 0.717) is 6.54 Å². The molecule has 0 aliphatic rings. The molecule has 0 aliphatic carbocycles. The van der Waals surface area contributed by atoms with Crippen LogP contribution in [0.5, 0.6) is 5.75 Å². The number of ether oxygens (including phenoxy) is 1. The van der Waals surface area contributed by atoms with E-state index in [2.05, 4.69) is 10.6 Å². The Morgan fingerprint density at radius 2 is 1.26 bits per heavy atom. The molecule has 3 aromatic carbocycles. The number of amides is 2. The summed E-state index contributed by atoms with van der Waals surface area (Å²) in [5.74, 6) is 0.480. The SMILES string of the molecule is COc1cccc(C[NH+](CC(=O)Nc2cccc(C)c2C)CC(=O)Nc2cccc(C)c2C)c1. The Labute approximate surface area is 201 Å². The largest absolute Gasteiger partial charge is 0.497 e. The molecule has 0 saturated carbocycles. The van der Waals surface area contributed by atoms with E-state index in [1.807, 2.05) is 88.4 Å². The number of carbonyl (C=O) groups excluding carboxylic acids is 2. The molecule has 3 rings (SSSR count). The molecule has 0 heterocycles. The number of quaternary nitrogens is 1. The first-order valence-corrected chi connectivity index (χ1v) is 11.5. The Kier molecular flexibility index (Phi) is 8.44. The molecule has 0 atom stereocenters. The fraction of sp³-hybridized carbons (Fsp3) is 0.286. The van der Waals surface area contributed by atoms with E-state index in [9.17, 15) is 9.59 Å². The summed E-state index contributed by atoms with van der Waals surface area (Å²) in [6, 6.07) is 19.4. The van der Waals surface area contributed by atoms with Crippen LogP contribution in [0.2, 0.25) is 0 Å². The first-order valence-electron chi connectivity index (χ1n) is 11.5. The summed E-state index contributed by atoms with van der Waals surface area (Å²) in [4.78, 5) is 26.7. The lowest BCUT2D eigenvalue weighted by Gasteiger charge is -2.20. The smallest absolute Gasteiger partial charge is 0.279 e. The van der Waals surface area contributed by atoms with Gasteiger partial charge < -0.3 is 20.3 Å². The van der Waals surface area contributed by atoms with E-state index in [0.717, 1.165) is 49.8 Å². The molecule has 6 nitrogen and oxygen atoms in total. The van der Waals surface area contributed by atoms with Crippen molar-refractivity contribution < 1.29 is 19.2 Å². The zero-order valence-corrected chi connectivity index (χ0v) is 20.6. The van der Waals surface area contributed by atoms with Gasteiger partial charge in [-0.2, -0.15) is 0 Å². The lowest BCUT2D eigenvalue weighted by Crippen LogP contribution is -3.12. The Hall–Kier alpha value is -3.64. The lowest BCUT2D eigenvalue weighted by atomic mass is 10.1. The maximum absolute atomic E-state index is 12.9. The minimum absolute atomic E-state index is 0.133. The molecule has 3 aromatic rings. The maximum atomic E-state index is 12.9. The lowest BCUT2D eigenvalue weighted by molar-refractivity contribution is -0.897. The molecule has 0 aromatic heterocycles. The van der Waals surface area contributed by atoms with Crippen LogP contribution >= 0.6 is 0 Å². The van der Waals surface area contributed by atoms with Crippen LogP contribution < -0.4 is 20.3 Å². The summed E-state index contributed by atoms with van der Waals surface area (Å²) < 4.78 is 5.34. The third kappa shape index (κ3) is 6.68. The van der Waals surface area contributed by atoms with E-state index in [-0.39, 0.29) is 24.9 Å². The van der Waals surface area contributed by atoms with Gasteiger partial charge in [-0.3, -0.25) is 9.59 Å². The second-order valence-electron chi connectivity index (χ2n) is 8.72. The van der Waals surface area contributed by atoms with Gasteiger partial charge in [0.05, 0.1) is 7.11 Å². The molecule has 3 N–H and O–H groups in total. The fourth-order valence-corrected chi connectivity index (χ4v) is 3.87. The molecule has 0 fully saturated rings. The van der Waals surface area contributed by atoms with Gasteiger partial charge in [-0.1, -0.05) is 36.4 Å². The van der Waals surface area contributed by atoms with Crippen LogP contribution in [0.4, 0.5) is 11.4 Å². The van der Waals surface area contributed by atoms with Gasteiger partial charge in [0.15, 0.2) is 13.1 Å². The molecule has 0 saturated heterocycles. The average molecular weight is 461 g/mol. The van der Waals surface area contributed by atoms with Crippen molar-refractivity contribution in [2.45, 2.75) is 34.2 Å². The Morgan fingerprint density at radius 1 is 0.765 bits per heavy atom. The van der Waals surface area contributed by atoms with Crippen molar-refractivity contribution in [3.8, 4) is 5.75 Å². The number of nitrogens with one attached hydrogen (secondary N) is 3. The van der Waals surface area contributed by atoms with Crippen molar-refractivity contribution in [3.05, 3.63) is 88.5 Å². The number of benzene rings is 3. The van der Waals surface area contributed by atoms with Crippen LogP contribution in [0.3, 0.4) is 0 Å². The molecule has 0 unspecified atom stereocenters. The minimum atomic E-state index is -0.133. The molecule has 178 valence electrons. The molecular weight excluding hydrogens is 426 g/mol. The van der Waals surface area contributed by atoms with Gasteiger partial charge >= 0.3 is 0 Å². The van der Waals surface area contributed by atoms with Gasteiger partial charge in [-0.15, -0.1) is 0 Å². The van der Waals surface area contributed by atoms with Crippen molar-refractivity contribution in [1.82, 2.24) is 0 Å². The predicted octanol–water partition coefficient (Wildman–Crippen LogP) is 3.59. The molecular formula is C28H34N3O3+. The Morgan fingerprint density at radius 3 is 1.76 bits per heavy atom. The standard InChI is InChI=1S/C28H33N3O3/c1-19-9-6-13-25(21(19)3)29-27(32)17-31(16-23-11-8-12-24(15-23)34-5)18-28(33)30-26-14-7-10-20(2)22(26)4/h6-15H,16-18H2,1-5H3,(H,29,32)(H,30,33)/p+1. The second-order valence-corrected chi connectivity index (χ2v) is 8.72. The first kappa shape index (κ1) is 25.0. The summed E-state index contributed by atoms with van der Waals surface area (Å²) in [5.41, 5.74) is 6.90. The second kappa shape index (κ2) is 11.5. The number of anilines is 2. The van der Waals surface area contributed by atoms with Gasteiger partial charge in [0.25, 0.3) is 11.8 Å². The van der Waals surface area contributed by atoms with Crippen LogP contribution in [-0.4, -0.2) is 32.0 Å². The van der Waals surface area contributed by atoms with Crippen LogP contribution in [-0.2, 0) is 16.1 Å². The van der Waals surface area contributed by atoms with Crippen molar-refractivity contribution in [3.63, 3.8) is 0 Å². The van der Waals surface area contributed by atoms with Gasteiger partial charge in [0.1, 0.15) is 12.3 Å². The number of carbonyl (C=O) groups is 2. The van der Waals surface area contributed by atoms with Crippen LogP contribution in [0, 0.1) is 27.7 Å². The van der Waals surface area contributed by atoms with Crippen molar-refractivity contribution in [2.24, 2.45) is 0 Å². The minimum Gasteiger partial charge on any atom is -0.497 e. The fourth-order valence-electron chi connectivity index (χ4n) is 3.87. The third-order valence-electron chi connectivity index (χ3n) is 6.17. The van der Waals surface area contributed by atoms with Crippen molar-refractivity contribution in [2.75, 3.05) is 30.8 Å². The van der Waals surface area contributed by atoms with Crippen molar-refractivity contribution in [1.29, 1.82) is 0 Å². The topological polar surface area (TPSA) is 71.9 Å². The average Bonchev–Trinajstić information content (AvgIpc) is 2.80. The summed E-state index contributed by atoms with van der Waals surface area (Å²) in [7, 11) is 1.62. The summed E-state index contributed by atoms with van der Waals surface area (Å²) in [5, 5.41) is 6.03. The zero-order chi connectivity index (χ0) is 24.7. The van der Waals surface area contributed by atoms with E-state index < -0.39 is 0 Å². The molecule has 6 heteroatoms. The third-order valence-corrected chi connectivity index (χ3v) is 6.17. The number of methoxy groups -OCH3 is 1. The van der Waals surface area contributed by atoms with Crippen LogP contribution in [0.15, 0.2) is 60.7 Å². The normalized spacial score (nSPS) is 10.8. The molecule has 34 heavy (non-hydrogen) atoms. The summed E-state index contributed by atoms with van der Waals surface area (Å²) >= 11 is 0. The molecule has 2 amide bonds. The van der Waals surface area contributed by atoms with Gasteiger partial charge in [-0.25, -0.2) is 0 Å². The van der Waals surface area contributed by atoms with Crippen molar-refractivity contribution >= 4 is 23.2 Å². The van der Waals surface area contributed by atoms with E-state index in [4.69, 9.17) is 4.74 Å². The molecule has 0 aliphatic heterocycles. The molecule has 0 spiro atoms. The van der Waals surface area contributed by atoms with Gasteiger partial charge in [0, 0.05) is 16.9 Å². The molecule has 0 bridgehead atoms. The number of rotatable bonds is 9. The summed E-state index contributed by atoms with van der Waals surface area (Å²) in [6.07, 6.45) is 0. The monoisotopic (exact) mass is 460 g/mol. The predicted molar refractivity (Wildman–Crippen MR) is 136 cm³/mol. The number of hydrogen-bond acceptors (Lipinski definition) is 3. The first-order chi connectivity index (χ1) is 16.3. The summed E-state index contributed by atoms with van der Waals surface area (Å²) in [6.45, 7) is 8.84. The Bertz CT molecular complexity index is 1110. The number of aryl methyl sites for hydroxylation is 2. The number of hydrogen-bond donors (Lipinski definition) is 3. The zero-order valence-electron chi connectivity index (χ0n) is 20.6. The highest BCUT2D eigenvalue weighted by molar-refractivity contribution is 5.94. The van der Waals surface area contributed by atoms with Gasteiger partial charge in [-0.05, 0) is 74.2 Å². The molecule has 0 radical (unpaired) electrons. The Balaban J connectivity index is 1.75. The van der Waals surface area contributed by atoms with Crippen LogP contribution in [0.1, 0.15) is 27.8 Å².